The SMILES string of the molecule is CCc1ccc(CCC(=O)Nc2ncc(Cc3cccc(C)c3)s2)o1. The number of hydrogen-bond acceptors (Lipinski definition) is 4. The van der Waals surface area contributed by atoms with Crippen LogP contribution in [0.15, 0.2) is 47.0 Å². The van der Waals surface area contributed by atoms with Gasteiger partial charge in [-0.1, -0.05) is 36.8 Å². The van der Waals surface area contributed by atoms with E-state index < -0.39 is 0 Å². The Labute approximate surface area is 151 Å². The zero-order valence-corrected chi connectivity index (χ0v) is 15.4. The van der Waals surface area contributed by atoms with E-state index in [2.05, 4.69) is 41.5 Å². The molecule has 1 N–H and O–H groups in total. The van der Waals surface area contributed by atoms with Crippen LogP contribution in [0.3, 0.4) is 0 Å². The van der Waals surface area contributed by atoms with Crippen LogP contribution in [0.4, 0.5) is 5.13 Å². The summed E-state index contributed by atoms with van der Waals surface area (Å²) in [5, 5.41) is 3.53. The second kappa shape index (κ2) is 8.12. The summed E-state index contributed by atoms with van der Waals surface area (Å²) in [5.74, 6) is 1.77. The van der Waals surface area contributed by atoms with Crippen molar-refractivity contribution in [1.29, 1.82) is 0 Å². The molecule has 2 heterocycles. The number of thiazole rings is 1. The Bertz CT molecular complexity index is 851. The minimum atomic E-state index is -0.0362. The average molecular weight is 354 g/mol. The summed E-state index contributed by atoms with van der Waals surface area (Å²) in [5.41, 5.74) is 2.51. The normalized spacial score (nSPS) is 10.8. The number of aryl methyl sites for hydroxylation is 3. The van der Waals surface area contributed by atoms with Crippen LogP contribution >= 0.6 is 11.3 Å². The van der Waals surface area contributed by atoms with Gasteiger partial charge in [0.05, 0.1) is 0 Å². The van der Waals surface area contributed by atoms with E-state index in [0.29, 0.717) is 18.0 Å². The molecule has 0 aliphatic heterocycles. The van der Waals surface area contributed by atoms with E-state index in [4.69, 9.17) is 4.42 Å². The monoisotopic (exact) mass is 354 g/mol. The van der Waals surface area contributed by atoms with Crippen LogP contribution in [0, 0.1) is 6.92 Å². The maximum absolute atomic E-state index is 12.1. The molecule has 0 spiro atoms. The first-order valence-electron chi connectivity index (χ1n) is 8.50. The van der Waals surface area contributed by atoms with Crippen molar-refractivity contribution in [2.75, 3.05) is 5.32 Å². The van der Waals surface area contributed by atoms with E-state index in [1.807, 2.05) is 25.3 Å². The van der Waals surface area contributed by atoms with Crippen molar-refractivity contribution in [3.05, 3.63) is 70.1 Å². The van der Waals surface area contributed by atoms with Crippen LogP contribution in [-0.4, -0.2) is 10.9 Å². The topological polar surface area (TPSA) is 55.1 Å². The summed E-state index contributed by atoms with van der Waals surface area (Å²) in [6.45, 7) is 4.14. The van der Waals surface area contributed by atoms with Crippen molar-refractivity contribution in [3.8, 4) is 0 Å². The molecule has 3 rings (SSSR count). The van der Waals surface area contributed by atoms with Crippen molar-refractivity contribution in [1.82, 2.24) is 4.98 Å². The standard InChI is InChI=1S/C20H22N2O2S/c1-3-16-7-8-17(24-16)9-10-19(23)22-20-21-13-18(25-20)12-15-6-4-5-14(2)11-15/h4-8,11,13H,3,9-10,12H2,1-2H3,(H,21,22,23). The molecule has 0 aliphatic carbocycles. The molecule has 4 nitrogen and oxygen atoms in total. The van der Waals surface area contributed by atoms with Crippen LogP contribution in [0.1, 0.15) is 40.9 Å². The minimum absolute atomic E-state index is 0.0362. The summed E-state index contributed by atoms with van der Waals surface area (Å²) < 4.78 is 5.62. The number of furan rings is 1. The molecular weight excluding hydrogens is 332 g/mol. The highest BCUT2D eigenvalue weighted by molar-refractivity contribution is 7.15. The first kappa shape index (κ1) is 17.4. The lowest BCUT2D eigenvalue weighted by molar-refractivity contribution is -0.116. The van der Waals surface area contributed by atoms with E-state index in [1.54, 1.807) is 0 Å². The van der Waals surface area contributed by atoms with Gasteiger partial charge >= 0.3 is 0 Å². The third-order valence-electron chi connectivity index (χ3n) is 3.92. The van der Waals surface area contributed by atoms with Gasteiger partial charge in [-0.15, -0.1) is 11.3 Å². The molecule has 0 atom stereocenters. The van der Waals surface area contributed by atoms with Crippen LogP contribution in [-0.2, 0) is 24.1 Å². The minimum Gasteiger partial charge on any atom is -0.466 e. The first-order valence-corrected chi connectivity index (χ1v) is 9.31. The molecule has 0 fully saturated rings. The highest BCUT2D eigenvalue weighted by Crippen LogP contribution is 2.22. The molecule has 0 unspecified atom stereocenters. The highest BCUT2D eigenvalue weighted by atomic mass is 32.1. The lowest BCUT2D eigenvalue weighted by Crippen LogP contribution is -2.11. The Morgan fingerprint density at radius 1 is 1.24 bits per heavy atom. The van der Waals surface area contributed by atoms with Crippen molar-refractivity contribution >= 4 is 22.4 Å². The lowest BCUT2D eigenvalue weighted by Gasteiger charge is -2.01. The number of hydrogen-bond donors (Lipinski definition) is 1. The molecule has 0 bridgehead atoms. The Balaban J connectivity index is 1.51. The maximum Gasteiger partial charge on any atom is 0.226 e. The van der Waals surface area contributed by atoms with E-state index in [-0.39, 0.29) is 5.91 Å². The number of nitrogens with zero attached hydrogens (tertiary/aromatic N) is 1. The summed E-state index contributed by atoms with van der Waals surface area (Å²) in [4.78, 5) is 17.5. The van der Waals surface area contributed by atoms with Crippen LogP contribution < -0.4 is 5.32 Å². The van der Waals surface area contributed by atoms with Crippen LogP contribution in [0.5, 0.6) is 0 Å². The second-order valence-corrected chi connectivity index (χ2v) is 7.18. The lowest BCUT2D eigenvalue weighted by atomic mass is 10.1. The van der Waals surface area contributed by atoms with Gasteiger partial charge in [-0.3, -0.25) is 4.79 Å². The molecular formula is C20H22N2O2S. The van der Waals surface area contributed by atoms with Gasteiger partial charge in [-0.05, 0) is 24.6 Å². The number of anilines is 1. The van der Waals surface area contributed by atoms with E-state index >= 15 is 0 Å². The third kappa shape index (κ3) is 5.03. The number of carbonyl (C=O) groups is 1. The fraction of sp³-hybridized carbons (Fsp3) is 0.300. The summed E-state index contributed by atoms with van der Waals surface area (Å²) in [6.07, 6.45) is 4.54. The van der Waals surface area contributed by atoms with Gasteiger partial charge in [0.25, 0.3) is 0 Å². The van der Waals surface area contributed by atoms with Gasteiger partial charge in [-0.25, -0.2) is 4.98 Å². The van der Waals surface area contributed by atoms with Crippen molar-refractivity contribution in [2.45, 2.75) is 39.5 Å². The molecule has 1 aromatic carbocycles. The van der Waals surface area contributed by atoms with Gasteiger partial charge in [0.1, 0.15) is 11.5 Å². The number of carbonyl (C=O) groups excluding carboxylic acids is 1. The molecule has 0 aliphatic rings. The highest BCUT2D eigenvalue weighted by Gasteiger charge is 2.09. The Morgan fingerprint density at radius 2 is 2.08 bits per heavy atom. The number of benzene rings is 1. The van der Waals surface area contributed by atoms with Gasteiger partial charge in [0.2, 0.25) is 5.91 Å². The average Bonchev–Trinajstić information content (AvgIpc) is 3.22. The number of rotatable bonds is 7. The largest absolute Gasteiger partial charge is 0.466 e. The van der Waals surface area contributed by atoms with E-state index in [9.17, 15) is 4.79 Å². The maximum atomic E-state index is 12.1. The van der Waals surface area contributed by atoms with Crippen molar-refractivity contribution in [2.24, 2.45) is 0 Å². The summed E-state index contributed by atoms with van der Waals surface area (Å²) in [7, 11) is 0. The van der Waals surface area contributed by atoms with Crippen molar-refractivity contribution in [3.63, 3.8) is 0 Å². The second-order valence-electron chi connectivity index (χ2n) is 6.07. The van der Waals surface area contributed by atoms with E-state index in [0.717, 1.165) is 29.2 Å². The fourth-order valence-electron chi connectivity index (χ4n) is 2.64. The van der Waals surface area contributed by atoms with Crippen LogP contribution in [0.2, 0.25) is 0 Å². The Morgan fingerprint density at radius 3 is 2.84 bits per heavy atom. The smallest absolute Gasteiger partial charge is 0.226 e. The Kier molecular flexibility index (Phi) is 5.66. The molecule has 0 radical (unpaired) electrons. The molecule has 5 heteroatoms. The molecule has 25 heavy (non-hydrogen) atoms. The quantitative estimate of drug-likeness (QED) is 0.665. The Hall–Kier alpha value is -2.40. The molecule has 130 valence electrons. The number of nitrogens with one attached hydrogen (secondary N) is 1. The van der Waals surface area contributed by atoms with Gasteiger partial charge in [-0.2, -0.15) is 0 Å². The molecule has 0 saturated carbocycles. The van der Waals surface area contributed by atoms with Gasteiger partial charge in [0.15, 0.2) is 5.13 Å². The van der Waals surface area contributed by atoms with Gasteiger partial charge in [0, 0.05) is 36.8 Å². The predicted octanol–water partition coefficient (Wildman–Crippen LogP) is 4.77. The predicted molar refractivity (Wildman–Crippen MR) is 101 cm³/mol. The third-order valence-corrected chi connectivity index (χ3v) is 4.84. The molecule has 2 aromatic heterocycles. The number of amides is 1. The zero-order chi connectivity index (χ0) is 17.6. The summed E-state index contributed by atoms with van der Waals surface area (Å²) >= 11 is 1.52. The molecule has 3 aromatic rings. The molecule has 1 amide bonds. The van der Waals surface area contributed by atoms with Crippen molar-refractivity contribution < 1.29 is 9.21 Å². The van der Waals surface area contributed by atoms with Crippen LogP contribution in [0.25, 0.3) is 0 Å². The van der Waals surface area contributed by atoms with Gasteiger partial charge < -0.3 is 9.73 Å². The summed E-state index contributed by atoms with van der Waals surface area (Å²) in [6, 6.07) is 12.3. The molecule has 0 saturated heterocycles. The first-order chi connectivity index (χ1) is 12.1. The van der Waals surface area contributed by atoms with E-state index in [1.165, 1.54) is 22.5 Å². The zero-order valence-electron chi connectivity index (χ0n) is 14.5. The number of aromatic nitrogens is 1. The fourth-order valence-corrected chi connectivity index (χ4v) is 3.50.